The number of amides is 1. The van der Waals surface area contributed by atoms with E-state index in [0.29, 0.717) is 18.7 Å². The Balaban J connectivity index is 0.00000338. The summed E-state index contributed by atoms with van der Waals surface area (Å²) in [7, 11) is 0. The van der Waals surface area contributed by atoms with E-state index in [-0.39, 0.29) is 42.0 Å². The number of hydrogen-bond donors (Lipinski definition) is 3. The Kier molecular flexibility index (Phi) is 9.93. The highest BCUT2D eigenvalue weighted by Crippen LogP contribution is 2.11. The van der Waals surface area contributed by atoms with E-state index < -0.39 is 0 Å². The van der Waals surface area contributed by atoms with E-state index in [1.807, 2.05) is 45.0 Å². The molecule has 1 aliphatic rings. The fourth-order valence-electron chi connectivity index (χ4n) is 2.70. The van der Waals surface area contributed by atoms with Crippen molar-refractivity contribution in [2.24, 2.45) is 4.99 Å². The number of aliphatic imine (C=N–C) groups is 1. The molecule has 26 heavy (non-hydrogen) atoms. The van der Waals surface area contributed by atoms with Crippen LogP contribution in [0.2, 0.25) is 0 Å². The van der Waals surface area contributed by atoms with Crippen LogP contribution < -0.4 is 10.6 Å². The number of aliphatic hydroxyl groups excluding tert-OH is 1. The van der Waals surface area contributed by atoms with Gasteiger partial charge in [-0.05, 0) is 44.4 Å². The molecule has 1 saturated heterocycles. The lowest BCUT2D eigenvalue weighted by Gasteiger charge is -2.20. The quantitative estimate of drug-likeness (QED) is 0.336. The zero-order chi connectivity index (χ0) is 18.2. The van der Waals surface area contributed by atoms with E-state index in [0.717, 1.165) is 37.5 Å². The highest BCUT2D eigenvalue weighted by atomic mass is 127. The van der Waals surface area contributed by atoms with Gasteiger partial charge in [0, 0.05) is 31.2 Å². The van der Waals surface area contributed by atoms with Gasteiger partial charge in [-0.2, -0.15) is 0 Å². The molecule has 0 spiro atoms. The maximum atomic E-state index is 12.1. The van der Waals surface area contributed by atoms with Crippen LogP contribution in [0.4, 0.5) is 0 Å². The van der Waals surface area contributed by atoms with E-state index in [9.17, 15) is 9.90 Å². The molecule has 2 rings (SSSR count). The van der Waals surface area contributed by atoms with E-state index in [2.05, 4.69) is 20.5 Å². The van der Waals surface area contributed by atoms with Crippen molar-refractivity contribution in [3.63, 3.8) is 0 Å². The third kappa shape index (κ3) is 6.75. The summed E-state index contributed by atoms with van der Waals surface area (Å²) in [6.07, 6.45) is 1.42. The van der Waals surface area contributed by atoms with Gasteiger partial charge in [0.2, 0.25) is 0 Å². The van der Waals surface area contributed by atoms with Gasteiger partial charge < -0.3 is 20.6 Å². The Morgan fingerprint density at radius 3 is 2.58 bits per heavy atom. The Morgan fingerprint density at radius 2 is 2.04 bits per heavy atom. The molecule has 7 heteroatoms. The number of benzene rings is 1. The van der Waals surface area contributed by atoms with E-state index >= 15 is 0 Å². The summed E-state index contributed by atoms with van der Waals surface area (Å²) in [4.78, 5) is 18.8. The third-order valence-electron chi connectivity index (χ3n) is 4.42. The summed E-state index contributed by atoms with van der Waals surface area (Å²) in [5, 5.41) is 15.9. The second kappa shape index (κ2) is 11.4. The van der Waals surface area contributed by atoms with Crippen LogP contribution in [0, 0.1) is 0 Å². The summed E-state index contributed by atoms with van der Waals surface area (Å²) >= 11 is 0. The number of nitrogens with one attached hydrogen (secondary N) is 2. The minimum absolute atomic E-state index is 0. The lowest BCUT2D eigenvalue weighted by molar-refractivity contribution is 0.0939. The van der Waals surface area contributed by atoms with Gasteiger partial charge in [-0.15, -0.1) is 24.0 Å². The highest BCUT2D eigenvalue weighted by molar-refractivity contribution is 14.0. The predicted molar refractivity (Wildman–Crippen MR) is 116 cm³/mol. The van der Waals surface area contributed by atoms with Gasteiger partial charge in [-0.1, -0.05) is 19.1 Å². The van der Waals surface area contributed by atoms with Crippen LogP contribution in [0.25, 0.3) is 0 Å². The molecule has 6 nitrogen and oxygen atoms in total. The molecule has 0 aromatic heterocycles. The van der Waals surface area contributed by atoms with Crippen molar-refractivity contribution in [3.8, 4) is 0 Å². The minimum atomic E-state index is -0.271. The van der Waals surface area contributed by atoms with Crippen LogP contribution in [0.15, 0.2) is 29.3 Å². The molecule has 0 aliphatic carbocycles. The van der Waals surface area contributed by atoms with E-state index in [4.69, 9.17) is 0 Å². The number of β-amino-alcohol motifs (C(OH)–C–C–N with tert-alkyl or cyclic N) is 1. The predicted octanol–water partition coefficient (Wildman–Crippen LogP) is 2.37. The van der Waals surface area contributed by atoms with Gasteiger partial charge in [0.25, 0.3) is 5.91 Å². The zero-order valence-corrected chi connectivity index (χ0v) is 18.2. The molecule has 1 aromatic carbocycles. The Morgan fingerprint density at radius 1 is 1.35 bits per heavy atom. The number of likely N-dealkylation sites (tertiary alicyclic amines) is 1. The molecule has 1 heterocycles. The van der Waals surface area contributed by atoms with E-state index in [1.54, 1.807) is 0 Å². The maximum absolute atomic E-state index is 12.1. The van der Waals surface area contributed by atoms with E-state index in [1.165, 1.54) is 0 Å². The monoisotopic (exact) mass is 474 g/mol. The third-order valence-corrected chi connectivity index (χ3v) is 4.42. The Bertz CT molecular complexity index is 592. The molecule has 3 N–H and O–H groups in total. The van der Waals surface area contributed by atoms with Crippen molar-refractivity contribution in [1.29, 1.82) is 0 Å². The molecule has 146 valence electrons. The molecule has 1 unspecified atom stereocenters. The van der Waals surface area contributed by atoms with Gasteiger partial charge in [0.15, 0.2) is 5.96 Å². The molecule has 1 aromatic rings. The second-order valence-electron chi connectivity index (χ2n) is 6.54. The van der Waals surface area contributed by atoms with Crippen molar-refractivity contribution in [2.75, 3.05) is 19.6 Å². The number of hydrogen-bond acceptors (Lipinski definition) is 3. The summed E-state index contributed by atoms with van der Waals surface area (Å²) in [6.45, 7) is 8.86. The number of aliphatic hydroxyl groups is 1. The first-order chi connectivity index (χ1) is 12.0. The standard InChI is InChI=1S/C19H30N4O2.HI/c1-4-14(3)22-18(25)16-8-6-15(7-9-16)12-21-19(20-5-2)23-11-10-17(24)13-23;/h6-9,14,17,24H,4-5,10-13H2,1-3H3,(H,20,21)(H,22,25);1H/t14?,17-;/m1./s1. The Hall–Kier alpha value is -1.35. The van der Waals surface area contributed by atoms with Crippen LogP contribution in [-0.4, -0.2) is 53.7 Å². The van der Waals surface area contributed by atoms with Crippen molar-refractivity contribution < 1.29 is 9.90 Å². The van der Waals surface area contributed by atoms with Crippen LogP contribution in [0.1, 0.15) is 49.5 Å². The minimum Gasteiger partial charge on any atom is -0.391 e. The summed E-state index contributed by atoms with van der Waals surface area (Å²) in [5.74, 6) is 0.793. The largest absolute Gasteiger partial charge is 0.391 e. The summed E-state index contributed by atoms with van der Waals surface area (Å²) in [5.41, 5.74) is 1.72. The average molecular weight is 474 g/mol. The molecule has 1 amide bonds. The molecule has 1 aliphatic heterocycles. The number of rotatable bonds is 6. The summed E-state index contributed by atoms with van der Waals surface area (Å²) < 4.78 is 0. The highest BCUT2D eigenvalue weighted by Gasteiger charge is 2.22. The molecule has 1 fully saturated rings. The number of carbonyl (C=O) groups excluding carboxylic acids is 1. The number of halogens is 1. The van der Waals surface area contributed by atoms with Gasteiger partial charge in [0.1, 0.15) is 0 Å². The first kappa shape index (κ1) is 22.7. The van der Waals surface area contributed by atoms with Gasteiger partial charge in [-0.25, -0.2) is 4.99 Å². The number of guanidine groups is 1. The SMILES string of the molecule is CCNC(=NCc1ccc(C(=O)NC(C)CC)cc1)N1CC[C@@H](O)C1.I. The second-order valence-corrected chi connectivity index (χ2v) is 6.54. The van der Waals surface area contributed by atoms with Gasteiger partial charge in [-0.3, -0.25) is 4.79 Å². The lowest BCUT2D eigenvalue weighted by Crippen LogP contribution is -2.40. The average Bonchev–Trinajstić information content (AvgIpc) is 3.05. The first-order valence-corrected chi connectivity index (χ1v) is 9.14. The van der Waals surface area contributed by atoms with Crippen LogP contribution in [0.5, 0.6) is 0 Å². The fourth-order valence-corrected chi connectivity index (χ4v) is 2.70. The van der Waals surface area contributed by atoms with Crippen molar-refractivity contribution >= 4 is 35.8 Å². The molecule has 0 saturated carbocycles. The number of nitrogens with zero attached hydrogens (tertiary/aromatic N) is 2. The van der Waals surface area contributed by atoms with Gasteiger partial charge in [0.05, 0.1) is 12.6 Å². The summed E-state index contributed by atoms with van der Waals surface area (Å²) in [6, 6.07) is 7.74. The maximum Gasteiger partial charge on any atom is 0.251 e. The van der Waals surface area contributed by atoms with Crippen molar-refractivity contribution in [3.05, 3.63) is 35.4 Å². The molecule has 0 bridgehead atoms. The molecular weight excluding hydrogens is 443 g/mol. The van der Waals surface area contributed by atoms with Crippen LogP contribution in [-0.2, 0) is 6.54 Å². The van der Waals surface area contributed by atoms with Crippen molar-refractivity contribution in [2.45, 2.75) is 52.3 Å². The molecule has 0 radical (unpaired) electrons. The first-order valence-electron chi connectivity index (χ1n) is 9.14. The Labute approximate surface area is 173 Å². The zero-order valence-electron chi connectivity index (χ0n) is 15.9. The van der Waals surface area contributed by atoms with Gasteiger partial charge >= 0.3 is 0 Å². The normalized spacial score (nSPS) is 18.2. The fraction of sp³-hybridized carbons (Fsp3) is 0.579. The van der Waals surface area contributed by atoms with Crippen LogP contribution in [0.3, 0.4) is 0 Å². The smallest absolute Gasteiger partial charge is 0.251 e. The lowest BCUT2D eigenvalue weighted by atomic mass is 10.1. The number of carbonyl (C=O) groups is 1. The van der Waals surface area contributed by atoms with Crippen molar-refractivity contribution in [1.82, 2.24) is 15.5 Å². The molecule has 2 atom stereocenters. The topological polar surface area (TPSA) is 77.0 Å². The molecular formula is C19H31IN4O2. The van der Waals surface area contributed by atoms with Crippen LogP contribution >= 0.6 is 24.0 Å².